The van der Waals surface area contributed by atoms with Crippen LogP contribution in [0, 0.1) is 17.7 Å². The van der Waals surface area contributed by atoms with Crippen LogP contribution in [0.1, 0.15) is 6.92 Å². The lowest BCUT2D eigenvalue weighted by Gasteiger charge is -2.23. The average molecular weight is 285 g/mol. The summed E-state index contributed by atoms with van der Waals surface area (Å²) in [7, 11) is -3.84. The van der Waals surface area contributed by atoms with Gasteiger partial charge in [-0.05, 0) is 44.0 Å². The molecule has 7 heteroatoms. The molecule has 1 aromatic heterocycles. The van der Waals surface area contributed by atoms with Crippen molar-refractivity contribution in [1.82, 2.24) is 14.6 Å². The summed E-state index contributed by atoms with van der Waals surface area (Å²) in [6, 6.07) is 2.40. The van der Waals surface area contributed by atoms with Gasteiger partial charge < -0.3 is 5.32 Å². The quantitative estimate of drug-likeness (QED) is 0.857. The number of nitrogens with zero attached hydrogens (tertiary/aromatic N) is 2. The van der Waals surface area contributed by atoms with Gasteiger partial charge in [0.1, 0.15) is 0 Å². The Hall–Kier alpha value is -1.05. The molecule has 0 saturated carbocycles. The average Bonchev–Trinajstić information content (AvgIpc) is 2.93. The molecule has 3 rings (SSSR count). The fraction of sp³-hybridized carbons (Fsp3) is 0.583. The number of fused-ring (bicyclic) bond motifs is 1. The largest absolute Gasteiger partial charge is 0.316 e. The molecule has 2 saturated heterocycles. The Balaban J connectivity index is 1.96. The molecule has 3 unspecified atom stereocenters. The van der Waals surface area contributed by atoms with E-state index in [1.807, 2.05) is 6.92 Å². The predicted molar refractivity (Wildman–Crippen MR) is 67.4 cm³/mol. The van der Waals surface area contributed by atoms with Gasteiger partial charge in [-0.2, -0.15) is 4.31 Å². The lowest BCUT2D eigenvalue weighted by Crippen LogP contribution is -2.38. The van der Waals surface area contributed by atoms with E-state index in [0.29, 0.717) is 18.4 Å². The van der Waals surface area contributed by atoms with Crippen LogP contribution in [0.15, 0.2) is 23.4 Å². The minimum Gasteiger partial charge on any atom is -0.316 e. The van der Waals surface area contributed by atoms with Gasteiger partial charge in [-0.15, -0.1) is 0 Å². The highest BCUT2D eigenvalue weighted by molar-refractivity contribution is 7.89. The molecule has 5 nitrogen and oxygen atoms in total. The lowest BCUT2D eigenvalue weighted by atomic mass is 9.95. The van der Waals surface area contributed by atoms with Gasteiger partial charge in [0.25, 0.3) is 10.0 Å². The summed E-state index contributed by atoms with van der Waals surface area (Å²) in [5.74, 6) is -0.164. The number of rotatable bonds is 2. The molecule has 19 heavy (non-hydrogen) atoms. The monoisotopic (exact) mass is 285 g/mol. The van der Waals surface area contributed by atoms with Crippen molar-refractivity contribution in [2.24, 2.45) is 11.8 Å². The molecule has 0 amide bonds. The molecule has 2 aliphatic rings. The van der Waals surface area contributed by atoms with E-state index in [0.717, 1.165) is 19.2 Å². The second-order valence-corrected chi connectivity index (χ2v) is 6.99. The molecule has 0 aliphatic carbocycles. The number of nitrogens with one attached hydrogen (secondary N) is 1. The maximum Gasteiger partial charge on any atom is 0.263 e. The van der Waals surface area contributed by atoms with E-state index in [9.17, 15) is 12.8 Å². The maximum atomic E-state index is 13.7. The standard InChI is InChI=1S/C12H16FN3O2S/c1-8-10-6-14-5-9(10)7-16(8)19(17,18)12-11(13)3-2-4-15-12/h2-4,8-10,14H,5-7H2,1H3. The Morgan fingerprint density at radius 3 is 2.95 bits per heavy atom. The molecule has 0 radical (unpaired) electrons. The smallest absolute Gasteiger partial charge is 0.263 e. The van der Waals surface area contributed by atoms with Crippen molar-refractivity contribution in [3.05, 3.63) is 24.1 Å². The van der Waals surface area contributed by atoms with Crippen LogP contribution in [0.25, 0.3) is 0 Å². The molecule has 3 atom stereocenters. The van der Waals surface area contributed by atoms with Gasteiger partial charge in [-0.1, -0.05) is 0 Å². The maximum absolute atomic E-state index is 13.7. The Morgan fingerprint density at radius 1 is 1.47 bits per heavy atom. The van der Waals surface area contributed by atoms with Gasteiger partial charge >= 0.3 is 0 Å². The number of hydrogen-bond acceptors (Lipinski definition) is 4. The fourth-order valence-corrected chi connectivity index (χ4v) is 4.83. The topological polar surface area (TPSA) is 62.3 Å². The number of halogens is 1. The van der Waals surface area contributed by atoms with Crippen LogP contribution < -0.4 is 5.32 Å². The van der Waals surface area contributed by atoms with E-state index in [1.54, 1.807) is 0 Å². The Morgan fingerprint density at radius 2 is 2.26 bits per heavy atom. The van der Waals surface area contributed by atoms with Crippen molar-refractivity contribution >= 4 is 10.0 Å². The van der Waals surface area contributed by atoms with Gasteiger partial charge in [-0.25, -0.2) is 17.8 Å². The van der Waals surface area contributed by atoms with Gasteiger partial charge in [0, 0.05) is 18.8 Å². The van der Waals surface area contributed by atoms with Crippen LogP contribution in [-0.2, 0) is 10.0 Å². The number of aromatic nitrogens is 1. The molecule has 0 spiro atoms. The van der Waals surface area contributed by atoms with Crippen molar-refractivity contribution in [3.63, 3.8) is 0 Å². The first kappa shape index (κ1) is 13.0. The summed E-state index contributed by atoms with van der Waals surface area (Å²) in [5.41, 5.74) is 0. The van der Waals surface area contributed by atoms with E-state index < -0.39 is 20.9 Å². The zero-order valence-electron chi connectivity index (χ0n) is 10.6. The zero-order chi connectivity index (χ0) is 13.6. The van der Waals surface area contributed by atoms with Crippen molar-refractivity contribution in [2.45, 2.75) is 18.0 Å². The molecule has 0 bridgehead atoms. The number of pyridine rings is 1. The Labute approximate surface area is 111 Å². The third kappa shape index (κ3) is 1.96. The van der Waals surface area contributed by atoms with Gasteiger partial charge in [-0.3, -0.25) is 0 Å². The van der Waals surface area contributed by atoms with Crippen molar-refractivity contribution in [3.8, 4) is 0 Å². The van der Waals surface area contributed by atoms with Crippen LogP contribution in [0.5, 0.6) is 0 Å². The lowest BCUT2D eigenvalue weighted by molar-refractivity contribution is 0.357. The SMILES string of the molecule is CC1C2CNCC2CN1S(=O)(=O)c1ncccc1F. The van der Waals surface area contributed by atoms with E-state index in [2.05, 4.69) is 10.3 Å². The first-order chi connectivity index (χ1) is 9.01. The fourth-order valence-electron chi connectivity index (χ4n) is 3.12. The van der Waals surface area contributed by atoms with E-state index in [1.165, 1.54) is 16.6 Å². The number of hydrogen-bond donors (Lipinski definition) is 1. The molecule has 3 heterocycles. The second kappa shape index (κ2) is 4.50. The third-order valence-corrected chi connectivity index (χ3v) is 6.05. The number of sulfonamides is 1. The van der Waals surface area contributed by atoms with E-state index in [4.69, 9.17) is 0 Å². The van der Waals surface area contributed by atoms with E-state index in [-0.39, 0.29) is 6.04 Å². The highest BCUT2D eigenvalue weighted by Crippen LogP contribution is 2.35. The molecule has 0 aromatic carbocycles. The highest BCUT2D eigenvalue weighted by Gasteiger charge is 2.47. The van der Waals surface area contributed by atoms with Crippen molar-refractivity contribution < 1.29 is 12.8 Å². The van der Waals surface area contributed by atoms with Crippen molar-refractivity contribution in [2.75, 3.05) is 19.6 Å². The zero-order valence-corrected chi connectivity index (χ0v) is 11.4. The van der Waals surface area contributed by atoms with Gasteiger partial charge in [0.15, 0.2) is 5.82 Å². The summed E-state index contributed by atoms with van der Waals surface area (Å²) >= 11 is 0. The molecule has 1 N–H and O–H groups in total. The first-order valence-corrected chi connectivity index (χ1v) is 7.79. The van der Waals surface area contributed by atoms with E-state index >= 15 is 0 Å². The Bertz CT molecular complexity index is 592. The predicted octanol–water partition coefficient (Wildman–Crippen LogP) is 0.449. The first-order valence-electron chi connectivity index (χ1n) is 6.35. The van der Waals surface area contributed by atoms with Crippen LogP contribution >= 0.6 is 0 Å². The van der Waals surface area contributed by atoms with Crippen LogP contribution in [0.3, 0.4) is 0 Å². The molecule has 2 fully saturated rings. The van der Waals surface area contributed by atoms with Crippen LogP contribution in [0.2, 0.25) is 0 Å². The van der Waals surface area contributed by atoms with Crippen LogP contribution in [0.4, 0.5) is 4.39 Å². The molecular formula is C12H16FN3O2S. The summed E-state index contributed by atoms with van der Waals surface area (Å²) < 4.78 is 40.1. The molecule has 2 aliphatic heterocycles. The summed E-state index contributed by atoms with van der Waals surface area (Å²) in [6.45, 7) is 3.97. The van der Waals surface area contributed by atoms with Crippen LogP contribution in [-0.4, -0.2) is 43.4 Å². The molecule has 1 aromatic rings. The third-order valence-electron chi connectivity index (χ3n) is 4.16. The summed E-state index contributed by atoms with van der Waals surface area (Å²) in [5, 5.41) is 2.80. The Kier molecular flexibility index (Phi) is 3.07. The van der Waals surface area contributed by atoms with Gasteiger partial charge in [0.2, 0.25) is 5.03 Å². The van der Waals surface area contributed by atoms with Gasteiger partial charge in [0.05, 0.1) is 0 Å². The summed E-state index contributed by atoms with van der Waals surface area (Å²) in [4.78, 5) is 3.70. The molecular weight excluding hydrogens is 269 g/mol. The minimum absolute atomic E-state index is 0.119. The summed E-state index contributed by atoms with van der Waals surface area (Å²) in [6.07, 6.45) is 1.30. The molecule has 104 valence electrons. The normalized spacial score (nSPS) is 31.6. The van der Waals surface area contributed by atoms with Crippen molar-refractivity contribution in [1.29, 1.82) is 0 Å². The minimum atomic E-state index is -3.84. The second-order valence-electron chi connectivity index (χ2n) is 5.19. The highest BCUT2D eigenvalue weighted by atomic mass is 32.2.